The number of nitrogens with zero attached hydrogens (tertiary/aromatic N) is 2. The van der Waals surface area contributed by atoms with Crippen LogP contribution in [0, 0.1) is 11.3 Å². The molecule has 0 saturated heterocycles. The van der Waals surface area contributed by atoms with E-state index in [4.69, 9.17) is 0 Å². The average Bonchev–Trinajstić information content (AvgIpc) is 2.89. The van der Waals surface area contributed by atoms with Gasteiger partial charge in [-0.05, 0) is 43.2 Å². The van der Waals surface area contributed by atoms with Gasteiger partial charge in [-0.15, -0.1) is 11.3 Å². The minimum atomic E-state index is -0.0689. The first-order valence-electron chi connectivity index (χ1n) is 10.4. The topological polar surface area (TPSA) is 76.4 Å². The summed E-state index contributed by atoms with van der Waals surface area (Å²) in [5.74, 6) is -0.0689. The van der Waals surface area contributed by atoms with Gasteiger partial charge in [0.05, 0.1) is 12.2 Å². The molecule has 29 heavy (non-hydrogen) atoms. The van der Waals surface area contributed by atoms with Crippen molar-refractivity contribution in [2.45, 2.75) is 44.9 Å². The maximum Gasteiger partial charge on any atom is 0.226 e. The number of carbonyl (C=O) groups excluding carboxylic acids is 1. The van der Waals surface area contributed by atoms with E-state index in [2.05, 4.69) is 28.4 Å². The Labute approximate surface area is 177 Å². The van der Waals surface area contributed by atoms with E-state index in [0.29, 0.717) is 30.1 Å². The van der Waals surface area contributed by atoms with E-state index in [1.165, 1.54) is 16.9 Å². The fraction of sp³-hybridized carbons (Fsp3) is 0.478. The summed E-state index contributed by atoms with van der Waals surface area (Å²) in [6.45, 7) is 2.02. The first kappa shape index (κ1) is 21.5. The van der Waals surface area contributed by atoms with Crippen LogP contribution in [0.4, 0.5) is 5.00 Å². The summed E-state index contributed by atoms with van der Waals surface area (Å²) in [5.41, 5.74) is 3.06. The molecule has 2 N–H and O–H groups in total. The average molecular weight is 412 g/mol. The third kappa shape index (κ3) is 6.14. The second-order valence-corrected chi connectivity index (χ2v) is 8.58. The van der Waals surface area contributed by atoms with Crippen LogP contribution in [0.2, 0.25) is 0 Å². The second-order valence-electron chi connectivity index (χ2n) is 7.48. The van der Waals surface area contributed by atoms with E-state index in [0.717, 1.165) is 44.2 Å². The van der Waals surface area contributed by atoms with Gasteiger partial charge in [-0.25, -0.2) is 0 Å². The largest absolute Gasteiger partial charge is 0.395 e. The standard InChI is InChI=1S/C23H29N3O2S/c24-17-20-19-9-5-2-6-10-21(19)29-23(20)25-22(28)12-14-26(15-16-27)13-11-18-7-3-1-4-8-18/h1,3-4,7-8,27H,2,5-6,9-16H2,(H,25,28). The molecule has 1 aromatic carbocycles. The summed E-state index contributed by atoms with van der Waals surface area (Å²) in [4.78, 5) is 15.9. The monoisotopic (exact) mass is 411 g/mol. The van der Waals surface area contributed by atoms with Crippen molar-refractivity contribution >= 4 is 22.2 Å². The Morgan fingerprint density at radius 2 is 1.93 bits per heavy atom. The zero-order valence-corrected chi connectivity index (χ0v) is 17.6. The van der Waals surface area contributed by atoms with Crippen LogP contribution in [0.15, 0.2) is 30.3 Å². The molecule has 0 atom stereocenters. The molecule has 1 aromatic heterocycles. The molecular formula is C23H29N3O2S. The van der Waals surface area contributed by atoms with Crippen molar-refractivity contribution in [1.82, 2.24) is 4.90 Å². The van der Waals surface area contributed by atoms with Crippen molar-refractivity contribution in [2.24, 2.45) is 0 Å². The summed E-state index contributed by atoms with van der Waals surface area (Å²) < 4.78 is 0. The van der Waals surface area contributed by atoms with E-state index in [1.807, 2.05) is 18.2 Å². The third-order valence-electron chi connectivity index (χ3n) is 5.42. The first-order valence-corrected chi connectivity index (χ1v) is 11.2. The van der Waals surface area contributed by atoms with E-state index in [9.17, 15) is 15.2 Å². The van der Waals surface area contributed by atoms with Gasteiger partial charge in [0.2, 0.25) is 5.91 Å². The van der Waals surface area contributed by atoms with E-state index < -0.39 is 0 Å². The number of hydrogen-bond donors (Lipinski definition) is 2. The molecule has 154 valence electrons. The van der Waals surface area contributed by atoms with Gasteiger partial charge in [0.1, 0.15) is 11.1 Å². The lowest BCUT2D eigenvalue weighted by molar-refractivity contribution is -0.116. The minimum Gasteiger partial charge on any atom is -0.395 e. The summed E-state index contributed by atoms with van der Waals surface area (Å²) in [7, 11) is 0. The number of hydrogen-bond acceptors (Lipinski definition) is 5. The number of fused-ring (bicyclic) bond motifs is 1. The first-order chi connectivity index (χ1) is 14.2. The zero-order valence-electron chi connectivity index (χ0n) is 16.8. The van der Waals surface area contributed by atoms with Crippen molar-refractivity contribution in [3.05, 3.63) is 51.9 Å². The Kier molecular flexibility index (Phi) is 8.24. The van der Waals surface area contributed by atoms with Crippen molar-refractivity contribution in [3.63, 3.8) is 0 Å². The van der Waals surface area contributed by atoms with E-state index >= 15 is 0 Å². The molecule has 0 radical (unpaired) electrons. The second kappa shape index (κ2) is 11.1. The van der Waals surface area contributed by atoms with Gasteiger partial charge in [-0.2, -0.15) is 5.26 Å². The highest BCUT2D eigenvalue weighted by Crippen LogP contribution is 2.37. The van der Waals surface area contributed by atoms with Crippen LogP contribution < -0.4 is 5.32 Å². The Morgan fingerprint density at radius 3 is 2.69 bits per heavy atom. The summed E-state index contributed by atoms with van der Waals surface area (Å²) in [5, 5.41) is 22.6. The maximum atomic E-state index is 12.5. The highest BCUT2D eigenvalue weighted by molar-refractivity contribution is 7.16. The lowest BCUT2D eigenvalue weighted by Crippen LogP contribution is -2.32. The molecule has 0 spiro atoms. The molecule has 1 amide bonds. The lowest BCUT2D eigenvalue weighted by atomic mass is 10.1. The van der Waals surface area contributed by atoms with Gasteiger partial charge in [0.15, 0.2) is 0 Å². The Balaban J connectivity index is 1.54. The summed E-state index contributed by atoms with van der Waals surface area (Å²) >= 11 is 1.57. The fourth-order valence-electron chi connectivity index (χ4n) is 3.81. The Bertz CT molecular complexity index is 842. The molecule has 3 rings (SSSR count). The predicted octanol–water partition coefficient (Wildman–Crippen LogP) is 3.75. The highest BCUT2D eigenvalue weighted by Gasteiger charge is 2.21. The lowest BCUT2D eigenvalue weighted by Gasteiger charge is -2.21. The van der Waals surface area contributed by atoms with E-state index in [-0.39, 0.29) is 12.5 Å². The summed E-state index contributed by atoms with van der Waals surface area (Å²) in [6, 6.07) is 12.5. The van der Waals surface area contributed by atoms with Crippen LogP contribution in [0.1, 0.15) is 47.3 Å². The van der Waals surface area contributed by atoms with Gasteiger partial charge in [0, 0.05) is 30.9 Å². The number of thiophene rings is 1. The molecule has 0 unspecified atom stereocenters. The molecule has 1 heterocycles. The number of aliphatic hydroxyl groups excluding tert-OH is 1. The van der Waals surface area contributed by atoms with Gasteiger partial charge in [0.25, 0.3) is 0 Å². The third-order valence-corrected chi connectivity index (χ3v) is 6.62. The Hall–Kier alpha value is -2.20. The number of amides is 1. The Morgan fingerprint density at radius 1 is 1.14 bits per heavy atom. The van der Waals surface area contributed by atoms with Crippen LogP contribution in [0.3, 0.4) is 0 Å². The molecule has 2 aromatic rings. The number of rotatable bonds is 9. The van der Waals surface area contributed by atoms with Crippen LogP contribution >= 0.6 is 11.3 Å². The van der Waals surface area contributed by atoms with Crippen molar-refractivity contribution in [1.29, 1.82) is 5.26 Å². The van der Waals surface area contributed by atoms with Gasteiger partial charge < -0.3 is 15.3 Å². The molecule has 5 nitrogen and oxygen atoms in total. The molecule has 0 bridgehead atoms. The number of carbonyl (C=O) groups is 1. The van der Waals surface area contributed by atoms with Crippen LogP contribution in [0.5, 0.6) is 0 Å². The number of nitriles is 1. The number of benzene rings is 1. The minimum absolute atomic E-state index is 0.0689. The molecule has 1 aliphatic carbocycles. The molecule has 1 aliphatic rings. The molecule has 6 heteroatoms. The molecular weight excluding hydrogens is 382 g/mol. The predicted molar refractivity (Wildman–Crippen MR) is 117 cm³/mol. The highest BCUT2D eigenvalue weighted by atomic mass is 32.1. The van der Waals surface area contributed by atoms with Crippen LogP contribution in [0.25, 0.3) is 0 Å². The zero-order chi connectivity index (χ0) is 20.5. The number of aryl methyl sites for hydroxylation is 1. The molecule has 0 saturated carbocycles. The van der Waals surface area contributed by atoms with Crippen LogP contribution in [-0.4, -0.2) is 42.2 Å². The van der Waals surface area contributed by atoms with Gasteiger partial charge in [-0.1, -0.05) is 36.8 Å². The number of aliphatic hydroxyl groups is 1. The number of nitrogens with one attached hydrogen (secondary N) is 1. The SMILES string of the molecule is N#Cc1c(NC(=O)CCN(CCO)CCc2ccccc2)sc2c1CCCCC2. The maximum absolute atomic E-state index is 12.5. The van der Waals surface area contributed by atoms with Crippen molar-refractivity contribution in [3.8, 4) is 6.07 Å². The van der Waals surface area contributed by atoms with E-state index in [1.54, 1.807) is 11.3 Å². The van der Waals surface area contributed by atoms with Crippen LogP contribution in [-0.2, 0) is 24.1 Å². The summed E-state index contributed by atoms with van der Waals surface area (Å²) in [6.07, 6.45) is 6.66. The normalized spacial score (nSPS) is 13.6. The molecule has 0 aliphatic heterocycles. The van der Waals surface area contributed by atoms with Gasteiger partial charge in [-0.3, -0.25) is 4.79 Å². The molecule has 0 fully saturated rings. The van der Waals surface area contributed by atoms with Crippen molar-refractivity contribution < 1.29 is 9.90 Å². The number of anilines is 1. The fourth-order valence-corrected chi connectivity index (χ4v) is 5.06. The smallest absolute Gasteiger partial charge is 0.226 e. The van der Waals surface area contributed by atoms with Crippen molar-refractivity contribution in [2.75, 3.05) is 31.6 Å². The van der Waals surface area contributed by atoms with Gasteiger partial charge >= 0.3 is 0 Å². The quantitative estimate of drug-likeness (QED) is 0.616.